The maximum atomic E-state index is 11.6. The van der Waals surface area contributed by atoms with Gasteiger partial charge in [0.05, 0.1) is 5.56 Å². The van der Waals surface area contributed by atoms with E-state index in [0.717, 1.165) is 10.9 Å². The summed E-state index contributed by atoms with van der Waals surface area (Å²) in [5.74, 6) is 1.10. The molecule has 0 saturated carbocycles. The smallest absolute Gasteiger partial charge is 0.163 e. The lowest BCUT2D eigenvalue weighted by atomic mass is 10.1. The number of H-pyrrole nitrogens is 1. The maximum Gasteiger partial charge on any atom is 0.163 e. The molecule has 5 heteroatoms. The molecule has 0 amide bonds. The van der Waals surface area contributed by atoms with Gasteiger partial charge in [0.25, 0.3) is 0 Å². The van der Waals surface area contributed by atoms with Gasteiger partial charge in [0.2, 0.25) is 0 Å². The molecule has 3 rings (SSSR count). The van der Waals surface area contributed by atoms with Crippen molar-refractivity contribution >= 4 is 16.7 Å². The lowest BCUT2D eigenvalue weighted by Gasteiger charge is -2.15. The molecule has 0 saturated heterocycles. The molecule has 0 aliphatic carbocycles. The standard InChI is InChI=1S/C19H19NO4/c1-13(21)15-5-2-3-7-18(15)23-11-14(22)12-24-19-8-4-6-17-16(19)9-10-20-17/h2-10,14,20,22H,11-12H2,1H3. The number of hydrogen-bond donors (Lipinski definition) is 2. The molecule has 1 atom stereocenters. The van der Waals surface area contributed by atoms with Crippen LogP contribution in [0.1, 0.15) is 17.3 Å². The Labute approximate surface area is 139 Å². The number of rotatable bonds is 7. The van der Waals surface area contributed by atoms with Crippen molar-refractivity contribution in [3.63, 3.8) is 0 Å². The molecule has 5 nitrogen and oxygen atoms in total. The minimum atomic E-state index is -0.806. The number of aliphatic hydroxyl groups excluding tert-OH is 1. The number of benzene rings is 2. The van der Waals surface area contributed by atoms with Gasteiger partial charge in [0, 0.05) is 17.1 Å². The third-order valence-electron chi connectivity index (χ3n) is 3.68. The Morgan fingerprint density at radius 2 is 1.75 bits per heavy atom. The van der Waals surface area contributed by atoms with E-state index in [1.54, 1.807) is 24.3 Å². The number of ketones is 1. The molecule has 1 heterocycles. The van der Waals surface area contributed by atoms with Crippen LogP contribution in [0.4, 0.5) is 0 Å². The number of nitrogens with one attached hydrogen (secondary N) is 1. The van der Waals surface area contributed by atoms with Crippen LogP contribution in [0.15, 0.2) is 54.7 Å². The number of fused-ring (bicyclic) bond motifs is 1. The van der Waals surface area contributed by atoms with Crippen LogP contribution in [0.5, 0.6) is 11.5 Å². The van der Waals surface area contributed by atoms with Crippen LogP contribution in [-0.2, 0) is 0 Å². The molecular weight excluding hydrogens is 306 g/mol. The number of aromatic nitrogens is 1. The molecule has 24 heavy (non-hydrogen) atoms. The van der Waals surface area contributed by atoms with E-state index < -0.39 is 6.10 Å². The summed E-state index contributed by atoms with van der Waals surface area (Å²) in [5.41, 5.74) is 1.48. The highest BCUT2D eigenvalue weighted by Gasteiger charge is 2.12. The molecule has 3 aromatic rings. The summed E-state index contributed by atoms with van der Waals surface area (Å²) >= 11 is 0. The summed E-state index contributed by atoms with van der Waals surface area (Å²) in [4.78, 5) is 14.7. The van der Waals surface area contributed by atoms with Gasteiger partial charge in [-0.05, 0) is 37.3 Å². The van der Waals surface area contributed by atoms with Crippen molar-refractivity contribution < 1.29 is 19.4 Å². The molecule has 124 valence electrons. The van der Waals surface area contributed by atoms with E-state index in [2.05, 4.69) is 4.98 Å². The number of carbonyl (C=O) groups is 1. The third-order valence-corrected chi connectivity index (χ3v) is 3.68. The van der Waals surface area contributed by atoms with Crippen LogP contribution in [0.3, 0.4) is 0 Å². The van der Waals surface area contributed by atoms with Gasteiger partial charge in [-0.1, -0.05) is 18.2 Å². The van der Waals surface area contributed by atoms with Gasteiger partial charge in [-0.2, -0.15) is 0 Å². The van der Waals surface area contributed by atoms with E-state index in [4.69, 9.17) is 9.47 Å². The number of aliphatic hydroxyl groups is 1. The summed E-state index contributed by atoms with van der Waals surface area (Å²) in [5, 5.41) is 11.0. The van der Waals surface area contributed by atoms with Crippen LogP contribution >= 0.6 is 0 Å². The Balaban J connectivity index is 1.58. The first-order valence-corrected chi connectivity index (χ1v) is 7.75. The highest BCUT2D eigenvalue weighted by atomic mass is 16.5. The van der Waals surface area contributed by atoms with Crippen molar-refractivity contribution in [1.29, 1.82) is 0 Å². The Morgan fingerprint density at radius 1 is 1.04 bits per heavy atom. The number of carbonyl (C=O) groups excluding carboxylic acids is 1. The number of Topliss-reactive ketones (excluding diaryl/α,β-unsaturated/α-hetero) is 1. The SMILES string of the molecule is CC(=O)c1ccccc1OCC(O)COc1cccc2[nH]ccc12. The fourth-order valence-corrected chi connectivity index (χ4v) is 2.49. The lowest BCUT2D eigenvalue weighted by molar-refractivity contribution is 0.0626. The van der Waals surface area contributed by atoms with Crippen molar-refractivity contribution in [2.45, 2.75) is 13.0 Å². The summed E-state index contributed by atoms with van der Waals surface area (Å²) in [7, 11) is 0. The van der Waals surface area contributed by atoms with Crippen molar-refractivity contribution in [2.75, 3.05) is 13.2 Å². The predicted molar refractivity (Wildman–Crippen MR) is 91.7 cm³/mol. The van der Waals surface area contributed by atoms with Crippen LogP contribution in [0.25, 0.3) is 10.9 Å². The van der Waals surface area contributed by atoms with Gasteiger partial charge in [-0.15, -0.1) is 0 Å². The molecule has 1 aromatic heterocycles. The number of ether oxygens (including phenoxy) is 2. The van der Waals surface area contributed by atoms with Crippen LogP contribution in [0.2, 0.25) is 0 Å². The van der Waals surface area contributed by atoms with Gasteiger partial charge in [-0.3, -0.25) is 4.79 Å². The molecule has 0 aliphatic heterocycles. The van der Waals surface area contributed by atoms with E-state index >= 15 is 0 Å². The predicted octanol–water partition coefficient (Wildman–Crippen LogP) is 3.19. The fourth-order valence-electron chi connectivity index (χ4n) is 2.49. The Morgan fingerprint density at radius 3 is 2.54 bits per heavy atom. The average Bonchev–Trinajstić information content (AvgIpc) is 3.07. The summed E-state index contributed by atoms with van der Waals surface area (Å²) < 4.78 is 11.3. The molecule has 1 unspecified atom stereocenters. The second kappa shape index (κ2) is 7.19. The highest BCUT2D eigenvalue weighted by Crippen LogP contribution is 2.24. The second-order valence-electron chi connectivity index (χ2n) is 5.52. The summed E-state index contributed by atoms with van der Waals surface area (Å²) in [6.07, 6.45) is 1.04. The summed E-state index contributed by atoms with van der Waals surface area (Å²) in [6.45, 7) is 1.64. The molecule has 0 radical (unpaired) electrons. The quantitative estimate of drug-likeness (QED) is 0.655. The first kappa shape index (κ1) is 16.1. The van der Waals surface area contributed by atoms with E-state index in [9.17, 15) is 9.90 Å². The van der Waals surface area contributed by atoms with Crippen molar-refractivity contribution in [1.82, 2.24) is 4.98 Å². The fraction of sp³-hybridized carbons (Fsp3) is 0.211. The van der Waals surface area contributed by atoms with Gasteiger partial charge >= 0.3 is 0 Å². The topological polar surface area (TPSA) is 71.6 Å². The number of hydrogen-bond acceptors (Lipinski definition) is 4. The molecule has 0 aliphatic rings. The van der Waals surface area contributed by atoms with Crippen molar-refractivity contribution in [3.05, 3.63) is 60.3 Å². The second-order valence-corrected chi connectivity index (χ2v) is 5.52. The minimum absolute atomic E-state index is 0.0490. The zero-order valence-electron chi connectivity index (χ0n) is 13.4. The van der Waals surface area contributed by atoms with E-state index in [0.29, 0.717) is 17.1 Å². The first-order chi connectivity index (χ1) is 11.6. The zero-order chi connectivity index (χ0) is 16.9. The van der Waals surface area contributed by atoms with E-state index in [-0.39, 0.29) is 19.0 Å². The van der Waals surface area contributed by atoms with Gasteiger partial charge in [0.15, 0.2) is 5.78 Å². The van der Waals surface area contributed by atoms with Gasteiger partial charge < -0.3 is 19.6 Å². The molecule has 2 N–H and O–H groups in total. The molecular formula is C19H19NO4. The maximum absolute atomic E-state index is 11.6. The minimum Gasteiger partial charge on any atom is -0.490 e. The van der Waals surface area contributed by atoms with E-state index in [1.165, 1.54) is 6.92 Å². The Hall–Kier alpha value is -2.79. The summed E-state index contributed by atoms with van der Waals surface area (Å²) in [6, 6.07) is 14.6. The first-order valence-electron chi connectivity index (χ1n) is 7.75. The number of aromatic amines is 1. The van der Waals surface area contributed by atoms with Gasteiger partial charge in [0.1, 0.15) is 30.8 Å². The molecule has 0 fully saturated rings. The zero-order valence-corrected chi connectivity index (χ0v) is 13.4. The average molecular weight is 325 g/mol. The van der Waals surface area contributed by atoms with Gasteiger partial charge in [-0.25, -0.2) is 0 Å². The van der Waals surface area contributed by atoms with E-state index in [1.807, 2.05) is 30.5 Å². The number of para-hydroxylation sites is 1. The molecule has 2 aromatic carbocycles. The molecule has 0 bridgehead atoms. The Bertz CT molecular complexity index is 840. The van der Waals surface area contributed by atoms with Crippen molar-refractivity contribution in [2.24, 2.45) is 0 Å². The van der Waals surface area contributed by atoms with Crippen LogP contribution in [0, 0.1) is 0 Å². The van der Waals surface area contributed by atoms with Crippen LogP contribution < -0.4 is 9.47 Å². The highest BCUT2D eigenvalue weighted by molar-refractivity contribution is 5.96. The van der Waals surface area contributed by atoms with Crippen LogP contribution in [-0.4, -0.2) is 35.2 Å². The third kappa shape index (κ3) is 3.58. The lowest BCUT2D eigenvalue weighted by Crippen LogP contribution is -2.25. The normalized spacial score (nSPS) is 12.1. The largest absolute Gasteiger partial charge is 0.490 e. The van der Waals surface area contributed by atoms with Crippen molar-refractivity contribution in [3.8, 4) is 11.5 Å². The monoisotopic (exact) mass is 325 g/mol. The Kier molecular flexibility index (Phi) is 4.82. The molecule has 0 spiro atoms.